The molecule has 11 nitrogen and oxygen atoms in total. The van der Waals surface area contributed by atoms with Crippen LogP contribution in [-0.4, -0.2) is 62.0 Å². The molecule has 0 bridgehead atoms. The van der Waals surface area contributed by atoms with E-state index in [0.29, 0.717) is 49.8 Å². The van der Waals surface area contributed by atoms with E-state index in [-0.39, 0.29) is 15.9 Å². The summed E-state index contributed by atoms with van der Waals surface area (Å²) >= 11 is 0.809. The number of aryl methyl sites for hydroxylation is 1. The van der Waals surface area contributed by atoms with Crippen LogP contribution in [-0.2, 0) is 14.6 Å². The fourth-order valence-corrected chi connectivity index (χ4v) is 6.31. The van der Waals surface area contributed by atoms with Gasteiger partial charge in [-0.3, -0.25) is 5.10 Å². The number of nitrogens with one attached hydrogen (secondary N) is 2. The lowest BCUT2D eigenvalue weighted by Gasteiger charge is -2.29. The summed E-state index contributed by atoms with van der Waals surface area (Å²) in [6, 6.07) is 9.26. The van der Waals surface area contributed by atoms with Gasteiger partial charge in [0.25, 0.3) is 0 Å². The van der Waals surface area contributed by atoms with Crippen LogP contribution in [0.5, 0.6) is 5.75 Å². The monoisotopic (exact) mass is 631 g/mol. The third-order valence-electron chi connectivity index (χ3n) is 6.39. The number of anilines is 3. The number of benzene rings is 2. The largest absolute Gasteiger partial charge is 0.490 e. The zero-order valence-corrected chi connectivity index (χ0v) is 24.4. The Morgan fingerprint density at radius 2 is 1.95 bits per heavy atom. The molecule has 1 atom stereocenters. The van der Waals surface area contributed by atoms with E-state index in [1.54, 1.807) is 6.07 Å². The highest BCUT2D eigenvalue weighted by Crippen LogP contribution is 2.40. The molecule has 16 heteroatoms. The molecule has 2 aromatic carbocycles. The van der Waals surface area contributed by atoms with Crippen LogP contribution in [0.4, 0.5) is 30.6 Å². The molecule has 43 heavy (non-hydrogen) atoms. The van der Waals surface area contributed by atoms with Crippen LogP contribution in [0, 0.1) is 29.9 Å². The molecule has 1 unspecified atom stereocenters. The first-order valence-corrected chi connectivity index (χ1v) is 15.1. The molecule has 4 aromatic rings. The van der Waals surface area contributed by atoms with Crippen molar-refractivity contribution in [3.63, 3.8) is 0 Å². The minimum Gasteiger partial charge on any atom is -0.490 e. The van der Waals surface area contributed by atoms with Gasteiger partial charge < -0.3 is 19.7 Å². The van der Waals surface area contributed by atoms with Crippen LogP contribution >= 0.6 is 11.8 Å². The molecule has 0 amide bonds. The first-order valence-electron chi connectivity index (χ1n) is 12.7. The average Bonchev–Trinajstić information content (AvgIpc) is 3.42. The Hall–Kier alpha value is -4.33. The van der Waals surface area contributed by atoms with Gasteiger partial charge in [0.15, 0.2) is 22.6 Å². The predicted octanol–water partition coefficient (Wildman–Crippen LogP) is 4.84. The van der Waals surface area contributed by atoms with Crippen LogP contribution in [0.1, 0.15) is 22.3 Å². The fraction of sp³-hybridized carbons (Fsp3) is 0.259. The normalized spacial score (nSPS) is 14.3. The molecule has 1 aliphatic heterocycles. The van der Waals surface area contributed by atoms with Crippen LogP contribution in [0.2, 0.25) is 0 Å². The van der Waals surface area contributed by atoms with Crippen LogP contribution in [0.3, 0.4) is 0 Å². The van der Waals surface area contributed by atoms with Gasteiger partial charge in [-0.25, -0.2) is 31.6 Å². The Morgan fingerprint density at radius 3 is 2.60 bits per heavy atom. The summed E-state index contributed by atoms with van der Waals surface area (Å²) in [6.45, 7) is 3.78. The van der Waals surface area contributed by atoms with Gasteiger partial charge in [-0.15, -0.1) is 0 Å². The summed E-state index contributed by atoms with van der Waals surface area (Å²) in [5, 5.41) is 19.2. The van der Waals surface area contributed by atoms with Gasteiger partial charge in [-0.2, -0.15) is 10.4 Å². The first kappa shape index (κ1) is 30.1. The van der Waals surface area contributed by atoms with Crippen LogP contribution in [0.15, 0.2) is 57.4 Å². The van der Waals surface area contributed by atoms with Crippen LogP contribution < -0.4 is 15.0 Å². The summed E-state index contributed by atoms with van der Waals surface area (Å²) in [6.07, 6.45) is 0. The number of alkyl halides is 1. The van der Waals surface area contributed by atoms with E-state index >= 15 is 8.78 Å². The smallest absolute Gasteiger partial charge is 0.233 e. The van der Waals surface area contributed by atoms with Crippen molar-refractivity contribution in [2.75, 3.05) is 43.6 Å². The number of ether oxygens (including phenoxy) is 2. The molecule has 5 rings (SSSR count). The highest BCUT2D eigenvalue weighted by Gasteiger charge is 2.33. The van der Waals surface area contributed by atoms with E-state index in [2.05, 4.69) is 25.5 Å². The minimum atomic E-state index is -4.87. The molecule has 1 fully saturated rings. The highest BCUT2D eigenvalue weighted by molar-refractivity contribution is 7.99. The number of aromatic nitrogens is 4. The average molecular weight is 632 g/mol. The summed E-state index contributed by atoms with van der Waals surface area (Å²) in [7, 11) is -3.40. The molecule has 2 aromatic heterocycles. The van der Waals surface area contributed by atoms with Gasteiger partial charge in [0.2, 0.25) is 21.1 Å². The third kappa shape index (κ3) is 6.24. The van der Waals surface area contributed by atoms with Crippen molar-refractivity contribution in [1.82, 2.24) is 20.2 Å². The summed E-state index contributed by atoms with van der Waals surface area (Å²) < 4.78 is 81.9. The summed E-state index contributed by atoms with van der Waals surface area (Å²) in [4.78, 5) is 10.3. The second kappa shape index (κ2) is 12.5. The number of hydrogen-bond acceptors (Lipinski definition) is 11. The lowest BCUT2D eigenvalue weighted by Crippen LogP contribution is -2.37. The highest BCUT2D eigenvalue weighted by atomic mass is 32.2. The van der Waals surface area contributed by atoms with Gasteiger partial charge in [-0.1, -0.05) is 12.1 Å². The van der Waals surface area contributed by atoms with Gasteiger partial charge in [0, 0.05) is 30.4 Å². The van der Waals surface area contributed by atoms with Gasteiger partial charge >= 0.3 is 0 Å². The zero-order valence-electron chi connectivity index (χ0n) is 22.8. The number of nitrogens with zero attached hydrogens (tertiary/aromatic N) is 5. The molecular weight excluding hydrogens is 607 g/mol. The van der Waals surface area contributed by atoms with E-state index in [1.807, 2.05) is 11.8 Å². The number of H-pyrrole nitrogens is 1. The number of halogens is 3. The van der Waals surface area contributed by atoms with Crippen molar-refractivity contribution in [2.45, 2.75) is 27.4 Å². The summed E-state index contributed by atoms with van der Waals surface area (Å²) in [5.41, 5.74) is -3.42. The Morgan fingerprint density at radius 1 is 1.19 bits per heavy atom. The fourth-order valence-electron chi connectivity index (χ4n) is 4.27. The third-order valence-corrected chi connectivity index (χ3v) is 9.02. The topological polar surface area (TPSA) is 146 Å². The number of methoxy groups -OCH3 is 1. The molecule has 0 spiro atoms. The predicted molar refractivity (Wildman–Crippen MR) is 151 cm³/mol. The Bertz CT molecular complexity index is 1810. The van der Waals surface area contributed by atoms with Crippen molar-refractivity contribution in [1.29, 1.82) is 5.26 Å². The SMILES string of the molecule is COc1c(Nc2cc(C)[nH]n2)nc(Sc2ccc(S(=O)(=O)C(F)c3cccc(C#N)c3F)cc2F)nc1N1CCOCC1. The molecule has 0 radical (unpaired) electrons. The van der Waals surface area contributed by atoms with Gasteiger partial charge in [0.05, 0.1) is 35.7 Å². The number of nitriles is 1. The maximum atomic E-state index is 15.3. The Labute approximate surface area is 249 Å². The number of aromatic amines is 1. The maximum Gasteiger partial charge on any atom is 0.233 e. The summed E-state index contributed by atoms with van der Waals surface area (Å²) in [5.74, 6) is -0.814. The van der Waals surface area contributed by atoms with Crippen molar-refractivity contribution in [3.05, 3.63) is 70.9 Å². The second-order valence-corrected chi connectivity index (χ2v) is 12.2. The van der Waals surface area contributed by atoms with Crippen molar-refractivity contribution < 1.29 is 31.1 Å². The number of morpholine rings is 1. The van der Waals surface area contributed by atoms with E-state index in [0.717, 1.165) is 47.8 Å². The Kier molecular flexibility index (Phi) is 8.76. The van der Waals surface area contributed by atoms with E-state index < -0.39 is 43.0 Å². The van der Waals surface area contributed by atoms with Crippen LogP contribution in [0.25, 0.3) is 0 Å². The lowest BCUT2D eigenvalue weighted by atomic mass is 10.1. The Balaban J connectivity index is 1.48. The van der Waals surface area contributed by atoms with E-state index in [4.69, 9.17) is 14.7 Å². The van der Waals surface area contributed by atoms with Gasteiger partial charge in [-0.05, 0) is 43.0 Å². The minimum absolute atomic E-state index is 0.0494. The lowest BCUT2D eigenvalue weighted by molar-refractivity contribution is 0.122. The zero-order chi connectivity index (χ0) is 30.7. The first-order chi connectivity index (χ1) is 20.6. The molecule has 0 saturated carbocycles. The standard InChI is InChI=1S/C27H24F3N7O4S2/c1-15-12-21(36-35-15)32-25-23(40-2)26(37-8-10-41-11-9-37)34-27(33-25)42-20-7-6-17(13-19(20)28)43(38,39)24(30)18-5-3-4-16(14-31)22(18)29/h3-7,12-13,24H,8-11H2,1-2H3,(H2,32,33,34,35,36). The molecule has 3 heterocycles. The quantitative estimate of drug-likeness (QED) is 0.245. The number of hydrogen-bond donors (Lipinski definition) is 2. The molecule has 0 aliphatic carbocycles. The van der Waals surface area contributed by atoms with E-state index in [9.17, 15) is 12.8 Å². The second-order valence-electron chi connectivity index (χ2n) is 9.25. The number of rotatable bonds is 9. The van der Waals surface area contributed by atoms with Crippen molar-refractivity contribution in [2.24, 2.45) is 0 Å². The maximum absolute atomic E-state index is 15.3. The molecular formula is C27H24F3N7O4S2. The molecule has 224 valence electrons. The van der Waals surface area contributed by atoms with Crippen molar-refractivity contribution in [3.8, 4) is 11.8 Å². The van der Waals surface area contributed by atoms with Gasteiger partial charge in [0.1, 0.15) is 17.7 Å². The molecule has 1 saturated heterocycles. The van der Waals surface area contributed by atoms with Crippen molar-refractivity contribution >= 4 is 39.1 Å². The number of sulfone groups is 1. The molecule has 2 N–H and O–H groups in total. The van der Waals surface area contributed by atoms with E-state index in [1.165, 1.54) is 13.2 Å². The molecule has 1 aliphatic rings.